The van der Waals surface area contributed by atoms with Crippen LogP contribution < -0.4 is 27.9 Å². The maximum atomic E-state index is 7.84. The molecule has 0 spiro atoms. The van der Waals surface area contributed by atoms with Gasteiger partial charge in [0.1, 0.15) is 0 Å². The fourth-order valence-corrected chi connectivity index (χ4v) is 28.3. The van der Waals surface area contributed by atoms with Crippen molar-refractivity contribution >= 4 is 46.7 Å². The summed E-state index contributed by atoms with van der Waals surface area (Å²) in [7, 11) is -1.04. The van der Waals surface area contributed by atoms with Crippen molar-refractivity contribution in [3.8, 4) is 17.2 Å². The van der Waals surface area contributed by atoms with Gasteiger partial charge in [-0.05, 0) is 0 Å². The van der Waals surface area contributed by atoms with E-state index in [0.717, 1.165) is 22.8 Å². The number of fused-ring (bicyclic) bond motifs is 1. The first-order valence-corrected chi connectivity index (χ1v) is 26.8. The standard InChI is InChI=1S/C28H31O3Si.3C4H9.Sn/c1-27(2,3)32(21-13-9-7-10-14-21,22-15-11-8-12-16-22)31-25-18-17-24(29-6)23-19-20-28(4,5)30-26(23)25;3*1-3-4-2;/h7-16,18-20H,1-6H3;3*1,3-4H2,2H3;. The fraction of sp³-hybridized carbons (Fsp3) is 0.500. The number of ether oxygens (including phenoxy) is 2. The molecule has 3 nitrogen and oxygen atoms in total. The van der Waals surface area contributed by atoms with Gasteiger partial charge in [-0.25, -0.2) is 0 Å². The molecule has 0 amide bonds. The van der Waals surface area contributed by atoms with Crippen LogP contribution in [-0.4, -0.2) is 39.4 Å². The Bertz CT molecular complexity index is 1350. The predicted octanol–water partition coefficient (Wildman–Crippen LogP) is 9.87. The van der Waals surface area contributed by atoms with Gasteiger partial charge < -0.3 is 0 Å². The van der Waals surface area contributed by atoms with Crippen molar-refractivity contribution in [3.05, 3.63) is 78.4 Å². The van der Waals surface area contributed by atoms with Gasteiger partial charge in [-0.1, -0.05) is 0 Å². The first kappa shape index (κ1) is 35.7. The molecular weight excluding hydrogens is 675 g/mol. The SMILES string of the molecule is CCC[CH2][Sn]([CH2]CCC)([CH2]CCC)[c]1cc(O[Si](c2ccccc2)(c2ccccc2)C(C)(C)C)c2c(c1OC)C=CC(C)(C)O2. The van der Waals surface area contributed by atoms with Crippen LogP contribution in [0.15, 0.2) is 72.8 Å². The predicted molar refractivity (Wildman–Crippen MR) is 200 cm³/mol. The van der Waals surface area contributed by atoms with Crippen molar-refractivity contribution in [2.24, 2.45) is 0 Å². The van der Waals surface area contributed by atoms with Crippen molar-refractivity contribution in [1.82, 2.24) is 0 Å². The molecule has 0 unspecified atom stereocenters. The monoisotopic (exact) mass is 734 g/mol. The second-order valence-corrected chi connectivity index (χ2v) is 31.9. The van der Waals surface area contributed by atoms with Crippen molar-refractivity contribution < 1.29 is 13.9 Å². The van der Waals surface area contributed by atoms with Crippen LogP contribution in [0.4, 0.5) is 0 Å². The van der Waals surface area contributed by atoms with Gasteiger partial charge in [0.25, 0.3) is 0 Å². The molecule has 0 aliphatic carbocycles. The van der Waals surface area contributed by atoms with Crippen LogP contribution in [0.2, 0.25) is 18.3 Å². The third kappa shape index (κ3) is 7.53. The molecule has 1 aliphatic rings. The number of unbranched alkanes of at least 4 members (excludes halogenated alkanes) is 3. The summed E-state index contributed by atoms with van der Waals surface area (Å²) in [4.78, 5) is 0. The normalized spacial score (nSPS) is 14.5. The summed E-state index contributed by atoms with van der Waals surface area (Å²) in [6.45, 7) is 18.4. The van der Waals surface area contributed by atoms with Gasteiger partial charge in [-0.2, -0.15) is 0 Å². The summed E-state index contributed by atoms with van der Waals surface area (Å²) in [5, 5.41) is 2.40. The third-order valence-corrected chi connectivity index (χ3v) is 30.2. The zero-order chi connectivity index (χ0) is 32.7. The third-order valence-electron chi connectivity index (χ3n) is 9.73. The molecule has 244 valence electrons. The Kier molecular flexibility index (Phi) is 12.0. The van der Waals surface area contributed by atoms with Crippen molar-refractivity contribution in [2.45, 2.75) is 118 Å². The first-order valence-electron chi connectivity index (χ1n) is 17.4. The van der Waals surface area contributed by atoms with Crippen LogP contribution in [0.5, 0.6) is 17.2 Å². The summed E-state index contributed by atoms with van der Waals surface area (Å²) in [6.07, 6.45) is 12.0. The Balaban J connectivity index is 2.10. The fourth-order valence-electron chi connectivity index (χ4n) is 7.31. The van der Waals surface area contributed by atoms with E-state index in [1.807, 2.05) is 7.11 Å². The topological polar surface area (TPSA) is 27.7 Å². The van der Waals surface area contributed by atoms with Gasteiger partial charge in [0, 0.05) is 0 Å². The van der Waals surface area contributed by atoms with Gasteiger partial charge in [-0.15, -0.1) is 0 Å². The van der Waals surface area contributed by atoms with E-state index in [1.54, 1.807) is 0 Å². The average molecular weight is 734 g/mol. The summed E-state index contributed by atoms with van der Waals surface area (Å²) >= 11 is -3.01. The molecule has 0 atom stereocenters. The summed E-state index contributed by atoms with van der Waals surface area (Å²) < 4.78 is 26.8. The molecule has 3 aromatic rings. The van der Waals surface area contributed by atoms with E-state index < -0.39 is 32.3 Å². The molecule has 0 bridgehead atoms. The number of rotatable bonds is 15. The molecule has 0 aromatic heterocycles. The zero-order valence-corrected chi connectivity index (χ0v) is 33.4. The van der Waals surface area contributed by atoms with Crippen LogP contribution in [0.1, 0.15) is 99.5 Å². The molecule has 0 saturated carbocycles. The molecule has 5 heteroatoms. The van der Waals surface area contributed by atoms with Crippen molar-refractivity contribution in [2.75, 3.05) is 7.11 Å². The van der Waals surface area contributed by atoms with Crippen molar-refractivity contribution in [3.63, 3.8) is 0 Å². The zero-order valence-electron chi connectivity index (χ0n) is 29.6. The van der Waals surface area contributed by atoms with Crippen LogP contribution in [0, 0.1) is 0 Å². The Hall–Kier alpha value is -2.18. The van der Waals surface area contributed by atoms with E-state index in [2.05, 4.69) is 134 Å². The summed E-state index contributed by atoms with van der Waals surface area (Å²) in [6, 6.07) is 24.4. The van der Waals surface area contributed by atoms with E-state index in [4.69, 9.17) is 13.9 Å². The van der Waals surface area contributed by atoms with Crippen LogP contribution in [0.25, 0.3) is 6.08 Å². The second-order valence-electron chi connectivity index (χ2n) is 14.6. The number of benzene rings is 3. The quantitative estimate of drug-likeness (QED) is 0.146. The van der Waals surface area contributed by atoms with E-state index >= 15 is 0 Å². The molecule has 0 radical (unpaired) electrons. The van der Waals surface area contributed by atoms with Gasteiger partial charge in [0.2, 0.25) is 0 Å². The second kappa shape index (κ2) is 15.1. The molecule has 1 heterocycles. The molecule has 3 aromatic carbocycles. The van der Waals surface area contributed by atoms with Gasteiger partial charge in [0.15, 0.2) is 0 Å². The molecular formula is C40H58O3SiSn. The Morgan fingerprint density at radius 2 is 1.27 bits per heavy atom. The first-order chi connectivity index (χ1) is 21.5. The molecule has 45 heavy (non-hydrogen) atoms. The number of hydrogen-bond acceptors (Lipinski definition) is 3. The molecule has 1 aliphatic heterocycles. The van der Waals surface area contributed by atoms with E-state index in [0.29, 0.717) is 0 Å². The maximum absolute atomic E-state index is 7.84. The minimum absolute atomic E-state index is 0.157. The number of methoxy groups -OCH3 is 1. The van der Waals surface area contributed by atoms with E-state index in [9.17, 15) is 0 Å². The Morgan fingerprint density at radius 1 is 0.778 bits per heavy atom. The van der Waals surface area contributed by atoms with E-state index in [1.165, 1.54) is 65.8 Å². The minimum atomic E-state index is -3.01. The van der Waals surface area contributed by atoms with Crippen LogP contribution in [-0.2, 0) is 0 Å². The van der Waals surface area contributed by atoms with Crippen molar-refractivity contribution in [1.29, 1.82) is 0 Å². The van der Waals surface area contributed by atoms with Gasteiger partial charge in [0.05, 0.1) is 0 Å². The van der Waals surface area contributed by atoms with Crippen LogP contribution in [0.3, 0.4) is 0 Å². The average Bonchev–Trinajstić information content (AvgIpc) is 3.03. The Morgan fingerprint density at radius 3 is 1.69 bits per heavy atom. The number of hydrogen-bond donors (Lipinski definition) is 0. The summed E-state index contributed by atoms with van der Waals surface area (Å²) in [5.74, 6) is 2.78. The van der Waals surface area contributed by atoms with E-state index in [-0.39, 0.29) is 5.04 Å². The molecule has 4 rings (SSSR count). The molecule has 0 N–H and O–H groups in total. The molecule has 0 fully saturated rings. The Labute approximate surface area is 279 Å². The van der Waals surface area contributed by atoms with Crippen LogP contribution >= 0.6 is 0 Å². The molecule has 0 saturated heterocycles. The summed E-state index contributed by atoms with van der Waals surface area (Å²) in [5.41, 5.74) is 0.614. The van der Waals surface area contributed by atoms with Gasteiger partial charge >= 0.3 is 281 Å². The van der Waals surface area contributed by atoms with Gasteiger partial charge in [-0.3, -0.25) is 0 Å².